The number of hydrogen-bond acceptors (Lipinski definition) is 4. The maximum atomic E-state index is 11.8. The van der Waals surface area contributed by atoms with E-state index in [1.807, 2.05) is 25.6 Å². The van der Waals surface area contributed by atoms with Gasteiger partial charge in [-0.05, 0) is 12.3 Å². The van der Waals surface area contributed by atoms with Crippen LogP contribution in [-0.4, -0.2) is 47.6 Å². The summed E-state index contributed by atoms with van der Waals surface area (Å²) in [5, 5.41) is 15.1. The first kappa shape index (κ1) is 16.3. The van der Waals surface area contributed by atoms with Crippen LogP contribution in [0.5, 0.6) is 0 Å². The van der Waals surface area contributed by atoms with Crippen molar-refractivity contribution in [3.05, 3.63) is 0 Å². The highest BCUT2D eigenvalue weighted by Gasteiger charge is 2.21. The summed E-state index contributed by atoms with van der Waals surface area (Å²) in [6.07, 6.45) is 1.02. The van der Waals surface area contributed by atoms with Crippen LogP contribution in [0.4, 0.5) is 0 Å². The van der Waals surface area contributed by atoms with E-state index in [-0.39, 0.29) is 18.5 Å². The van der Waals surface area contributed by atoms with Gasteiger partial charge in [0, 0.05) is 37.1 Å². The van der Waals surface area contributed by atoms with E-state index in [0.29, 0.717) is 18.8 Å². The van der Waals surface area contributed by atoms with Crippen molar-refractivity contribution < 1.29 is 14.7 Å². The van der Waals surface area contributed by atoms with Gasteiger partial charge >= 0.3 is 5.97 Å². The van der Waals surface area contributed by atoms with Crippen molar-refractivity contribution in [1.82, 2.24) is 10.6 Å². The molecule has 0 aliphatic carbocycles. The van der Waals surface area contributed by atoms with E-state index in [1.54, 1.807) is 0 Å². The van der Waals surface area contributed by atoms with Crippen LogP contribution < -0.4 is 10.6 Å². The first-order chi connectivity index (χ1) is 8.99. The molecule has 0 aromatic heterocycles. The van der Waals surface area contributed by atoms with Crippen LogP contribution in [0.1, 0.15) is 26.7 Å². The Balaban J connectivity index is 2.28. The van der Waals surface area contributed by atoms with Gasteiger partial charge in [-0.25, -0.2) is 0 Å². The second-order valence-corrected chi connectivity index (χ2v) is 6.55. The number of carbonyl (C=O) groups excluding carboxylic acids is 1. The van der Waals surface area contributed by atoms with Gasteiger partial charge < -0.3 is 15.7 Å². The van der Waals surface area contributed by atoms with Crippen molar-refractivity contribution in [1.29, 1.82) is 0 Å². The van der Waals surface area contributed by atoms with Crippen LogP contribution in [0.25, 0.3) is 0 Å². The largest absolute Gasteiger partial charge is 0.481 e. The standard InChI is InChI=1S/C13H24N2O3S/c1-9(2)5-10(13(17)18)7-15-12(16)6-11-8-19-4-3-14-11/h9-11,14H,3-8H2,1-2H3,(H,15,16)(H,17,18). The molecule has 0 radical (unpaired) electrons. The molecule has 0 saturated carbocycles. The van der Waals surface area contributed by atoms with E-state index in [0.717, 1.165) is 18.1 Å². The second kappa shape index (κ2) is 8.43. The summed E-state index contributed by atoms with van der Waals surface area (Å²) in [6.45, 7) is 5.14. The fourth-order valence-corrected chi connectivity index (χ4v) is 3.07. The molecule has 1 heterocycles. The average molecular weight is 288 g/mol. The minimum Gasteiger partial charge on any atom is -0.481 e. The summed E-state index contributed by atoms with van der Waals surface area (Å²) >= 11 is 1.85. The van der Waals surface area contributed by atoms with Gasteiger partial charge in [-0.2, -0.15) is 11.8 Å². The molecule has 1 aliphatic rings. The van der Waals surface area contributed by atoms with E-state index in [4.69, 9.17) is 5.11 Å². The Kier molecular flexibility index (Phi) is 7.23. The molecule has 6 heteroatoms. The smallest absolute Gasteiger partial charge is 0.308 e. The van der Waals surface area contributed by atoms with Crippen LogP contribution in [0, 0.1) is 11.8 Å². The number of carboxylic acids is 1. The van der Waals surface area contributed by atoms with Gasteiger partial charge in [-0.15, -0.1) is 0 Å². The molecule has 1 amide bonds. The average Bonchev–Trinajstić information content (AvgIpc) is 2.35. The molecule has 1 aliphatic heterocycles. The van der Waals surface area contributed by atoms with Crippen LogP contribution in [0.2, 0.25) is 0 Å². The SMILES string of the molecule is CC(C)CC(CNC(=O)CC1CSCCN1)C(=O)O. The lowest BCUT2D eigenvalue weighted by Gasteiger charge is -2.23. The highest BCUT2D eigenvalue weighted by molar-refractivity contribution is 7.99. The summed E-state index contributed by atoms with van der Waals surface area (Å²) < 4.78 is 0. The quantitative estimate of drug-likeness (QED) is 0.650. The van der Waals surface area contributed by atoms with Gasteiger partial charge in [-0.3, -0.25) is 9.59 Å². The molecule has 0 aromatic carbocycles. The maximum absolute atomic E-state index is 11.8. The molecule has 1 fully saturated rings. The van der Waals surface area contributed by atoms with E-state index in [1.165, 1.54) is 0 Å². The maximum Gasteiger partial charge on any atom is 0.308 e. The zero-order valence-electron chi connectivity index (χ0n) is 11.6. The van der Waals surface area contributed by atoms with Gasteiger partial charge in [0.2, 0.25) is 5.91 Å². The molecule has 0 aromatic rings. The lowest BCUT2D eigenvalue weighted by Crippen LogP contribution is -2.42. The van der Waals surface area contributed by atoms with E-state index in [9.17, 15) is 9.59 Å². The van der Waals surface area contributed by atoms with Gasteiger partial charge in [0.1, 0.15) is 0 Å². The number of hydrogen-bond donors (Lipinski definition) is 3. The van der Waals surface area contributed by atoms with Crippen molar-refractivity contribution >= 4 is 23.6 Å². The number of carboxylic acid groups (broad SMARTS) is 1. The number of aliphatic carboxylic acids is 1. The van der Waals surface area contributed by atoms with Gasteiger partial charge in [0.25, 0.3) is 0 Å². The molecule has 19 heavy (non-hydrogen) atoms. The van der Waals surface area contributed by atoms with E-state index < -0.39 is 11.9 Å². The monoisotopic (exact) mass is 288 g/mol. The fraction of sp³-hybridized carbons (Fsp3) is 0.846. The number of amides is 1. The van der Waals surface area contributed by atoms with Crippen molar-refractivity contribution in [3.8, 4) is 0 Å². The van der Waals surface area contributed by atoms with Gasteiger partial charge in [0.05, 0.1) is 5.92 Å². The zero-order chi connectivity index (χ0) is 14.3. The molecule has 1 saturated heterocycles. The van der Waals surface area contributed by atoms with Crippen LogP contribution in [0.15, 0.2) is 0 Å². The predicted octanol–water partition coefficient (Wildman–Crippen LogP) is 0.945. The summed E-state index contributed by atoms with van der Waals surface area (Å²) in [7, 11) is 0. The van der Waals surface area contributed by atoms with Crippen LogP contribution >= 0.6 is 11.8 Å². The van der Waals surface area contributed by atoms with Gasteiger partial charge in [0.15, 0.2) is 0 Å². The highest BCUT2D eigenvalue weighted by atomic mass is 32.2. The third-order valence-corrected chi connectivity index (χ3v) is 4.21. The number of rotatable bonds is 7. The first-order valence-electron chi connectivity index (χ1n) is 6.79. The molecule has 3 N–H and O–H groups in total. The van der Waals surface area contributed by atoms with Crippen molar-refractivity contribution in [2.45, 2.75) is 32.7 Å². The minimum absolute atomic E-state index is 0.0602. The Labute approximate surface area is 118 Å². The minimum atomic E-state index is -0.833. The van der Waals surface area contributed by atoms with Crippen molar-refractivity contribution in [2.24, 2.45) is 11.8 Å². The molecule has 0 bridgehead atoms. The van der Waals surface area contributed by atoms with Crippen molar-refractivity contribution in [2.75, 3.05) is 24.6 Å². The Morgan fingerprint density at radius 1 is 1.47 bits per heavy atom. The van der Waals surface area contributed by atoms with Crippen LogP contribution in [0.3, 0.4) is 0 Å². The normalized spacial score (nSPS) is 21.1. The van der Waals surface area contributed by atoms with Crippen molar-refractivity contribution in [3.63, 3.8) is 0 Å². The topological polar surface area (TPSA) is 78.4 Å². The third-order valence-electron chi connectivity index (χ3n) is 3.08. The molecule has 2 unspecified atom stereocenters. The molecule has 0 spiro atoms. The summed E-state index contributed by atoms with van der Waals surface area (Å²) in [5.74, 6) is 0.970. The highest BCUT2D eigenvalue weighted by Crippen LogP contribution is 2.12. The lowest BCUT2D eigenvalue weighted by atomic mass is 9.97. The number of carbonyl (C=O) groups is 2. The predicted molar refractivity (Wildman–Crippen MR) is 77.3 cm³/mol. The Hall–Kier alpha value is -0.750. The first-order valence-corrected chi connectivity index (χ1v) is 7.95. The third kappa shape index (κ3) is 6.82. The second-order valence-electron chi connectivity index (χ2n) is 5.40. The van der Waals surface area contributed by atoms with E-state index in [2.05, 4.69) is 10.6 Å². The Bertz CT molecular complexity index is 304. The molecule has 5 nitrogen and oxygen atoms in total. The Morgan fingerprint density at radius 2 is 2.21 bits per heavy atom. The zero-order valence-corrected chi connectivity index (χ0v) is 12.5. The fourth-order valence-electron chi connectivity index (χ4n) is 2.12. The molecule has 1 rings (SSSR count). The van der Waals surface area contributed by atoms with Crippen LogP contribution in [-0.2, 0) is 9.59 Å². The molecular formula is C13H24N2O3S. The summed E-state index contributed by atoms with van der Waals surface area (Å²) in [5.41, 5.74) is 0. The van der Waals surface area contributed by atoms with Gasteiger partial charge in [-0.1, -0.05) is 13.8 Å². The number of nitrogens with one attached hydrogen (secondary N) is 2. The number of thioether (sulfide) groups is 1. The summed E-state index contributed by atoms with van der Waals surface area (Å²) in [6, 6.07) is 0.215. The molecular weight excluding hydrogens is 264 g/mol. The molecule has 2 atom stereocenters. The molecule has 110 valence electrons. The Morgan fingerprint density at radius 3 is 2.74 bits per heavy atom. The summed E-state index contributed by atoms with van der Waals surface area (Å²) in [4.78, 5) is 22.8. The van der Waals surface area contributed by atoms with E-state index >= 15 is 0 Å². The lowest BCUT2D eigenvalue weighted by molar-refractivity contribution is -0.142.